The largest absolute Gasteiger partial charge is 0.337 e. The number of allylic oxidation sites excluding steroid dienone is 3. The highest BCUT2D eigenvalue weighted by Crippen LogP contribution is 2.30. The standard InChI is InChI=1S/C22H23N3O2S/c1-4-8-16(2)20-21(25-22(24-20)19-9-6-5-7-10-19)18-13-11-17(12-14-18)15-23-28(3,26)27/h4-14,23H,1,15H2,2-3H3,(H,24,25)/b16-8+. The Morgan fingerprint density at radius 3 is 2.39 bits per heavy atom. The smallest absolute Gasteiger partial charge is 0.209 e. The van der Waals surface area contributed by atoms with Gasteiger partial charge in [-0.3, -0.25) is 0 Å². The molecule has 144 valence electrons. The first-order valence-electron chi connectivity index (χ1n) is 8.86. The van der Waals surface area contributed by atoms with Gasteiger partial charge >= 0.3 is 0 Å². The molecule has 2 N–H and O–H groups in total. The second-order valence-electron chi connectivity index (χ2n) is 6.55. The van der Waals surface area contributed by atoms with Crippen LogP contribution in [0.15, 0.2) is 73.3 Å². The molecule has 1 heterocycles. The topological polar surface area (TPSA) is 74.8 Å². The zero-order valence-electron chi connectivity index (χ0n) is 15.9. The van der Waals surface area contributed by atoms with Crippen molar-refractivity contribution < 1.29 is 8.42 Å². The van der Waals surface area contributed by atoms with Crippen LogP contribution in [-0.4, -0.2) is 24.6 Å². The van der Waals surface area contributed by atoms with Gasteiger partial charge in [-0.05, 0) is 18.1 Å². The fourth-order valence-corrected chi connectivity index (χ4v) is 3.29. The quantitative estimate of drug-likeness (QED) is 0.585. The number of sulfonamides is 1. The minimum Gasteiger partial charge on any atom is -0.337 e. The summed E-state index contributed by atoms with van der Waals surface area (Å²) in [5, 5.41) is 0. The van der Waals surface area contributed by atoms with E-state index in [1.165, 1.54) is 0 Å². The lowest BCUT2D eigenvalue weighted by atomic mass is 10.0. The molecule has 0 spiro atoms. The fraction of sp³-hybridized carbons (Fsp3) is 0.136. The van der Waals surface area contributed by atoms with E-state index in [-0.39, 0.29) is 6.54 Å². The molecule has 0 amide bonds. The van der Waals surface area contributed by atoms with Gasteiger partial charge < -0.3 is 4.98 Å². The first-order valence-corrected chi connectivity index (χ1v) is 10.8. The van der Waals surface area contributed by atoms with E-state index in [0.29, 0.717) is 0 Å². The first kappa shape index (κ1) is 19.8. The molecule has 3 aromatic rings. The number of benzene rings is 2. The Balaban J connectivity index is 1.99. The van der Waals surface area contributed by atoms with Crippen molar-refractivity contribution in [1.82, 2.24) is 14.7 Å². The van der Waals surface area contributed by atoms with Crippen molar-refractivity contribution in [3.8, 4) is 22.6 Å². The average Bonchev–Trinajstić information content (AvgIpc) is 3.13. The fourth-order valence-electron chi connectivity index (χ4n) is 2.86. The van der Waals surface area contributed by atoms with Crippen LogP contribution in [-0.2, 0) is 16.6 Å². The van der Waals surface area contributed by atoms with Crippen LogP contribution >= 0.6 is 0 Å². The van der Waals surface area contributed by atoms with Crippen LogP contribution in [0.1, 0.15) is 18.2 Å². The molecule has 0 saturated heterocycles. The summed E-state index contributed by atoms with van der Waals surface area (Å²) in [5.74, 6) is 0.797. The van der Waals surface area contributed by atoms with Gasteiger partial charge in [0.25, 0.3) is 0 Å². The number of rotatable bonds is 7. The van der Waals surface area contributed by atoms with Crippen molar-refractivity contribution in [3.63, 3.8) is 0 Å². The highest BCUT2D eigenvalue weighted by atomic mass is 32.2. The number of nitrogens with zero attached hydrogens (tertiary/aromatic N) is 1. The summed E-state index contributed by atoms with van der Waals surface area (Å²) < 4.78 is 25.0. The zero-order valence-corrected chi connectivity index (χ0v) is 16.8. The van der Waals surface area contributed by atoms with Gasteiger partial charge in [0.2, 0.25) is 10.0 Å². The molecule has 6 heteroatoms. The summed E-state index contributed by atoms with van der Waals surface area (Å²) in [5.41, 5.74) is 5.65. The lowest BCUT2D eigenvalue weighted by molar-refractivity contribution is 0.587. The molecule has 0 aliphatic carbocycles. The van der Waals surface area contributed by atoms with Gasteiger partial charge in [0.05, 0.1) is 17.6 Å². The maximum Gasteiger partial charge on any atom is 0.209 e. The number of hydrogen-bond acceptors (Lipinski definition) is 3. The minimum absolute atomic E-state index is 0.263. The summed E-state index contributed by atoms with van der Waals surface area (Å²) in [6, 6.07) is 17.7. The SMILES string of the molecule is C=C/C=C(\C)c1nc(-c2ccccc2)[nH]c1-c1ccc(CNS(C)(=O)=O)cc1. The van der Waals surface area contributed by atoms with E-state index in [4.69, 9.17) is 4.98 Å². The zero-order chi connectivity index (χ0) is 20.1. The van der Waals surface area contributed by atoms with Crippen LogP contribution < -0.4 is 4.72 Å². The minimum atomic E-state index is -3.22. The molecule has 0 atom stereocenters. The van der Waals surface area contributed by atoms with Gasteiger partial charge in [0.1, 0.15) is 5.82 Å². The summed E-state index contributed by atoms with van der Waals surface area (Å²) in [4.78, 5) is 8.23. The predicted molar refractivity (Wildman–Crippen MR) is 115 cm³/mol. The number of hydrogen-bond donors (Lipinski definition) is 2. The summed E-state index contributed by atoms with van der Waals surface area (Å²) >= 11 is 0. The highest BCUT2D eigenvalue weighted by Gasteiger charge is 2.14. The third-order valence-electron chi connectivity index (χ3n) is 4.27. The van der Waals surface area contributed by atoms with Crippen molar-refractivity contribution in [2.75, 3.05) is 6.26 Å². The maximum atomic E-state index is 11.3. The Hall–Kier alpha value is -2.96. The molecule has 0 aliphatic heterocycles. The molecule has 0 fully saturated rings. The molecular formula is C22H23N3O2S. The van der Waals surface area contributed by atoms with Gasteiger partial charge in [-0.1, -0.05) is 73.3 Å². The van der Waals surface area contributed by atoms with E-state index < -0.39 is 10.0 Å². The van der Waals surface area contributed by atoms with Crippen LogP contribution in [0.3, 0.4) is 0 Å². The third kappa shape index (κ3) is 4.85. The molecular weight excluding hydrogens is 370 g/mol. The van der Waals surface area contributed by atoms with Gasteiger partial charge in [0, 0.05) is 17.7 Å². The van der Waals surface area contributed by atoms with Crippen LogP contribution in [0.2, 0.25) is 0 Å². The van der Waals surface area contributed by atoms with E-state index in [0.717, 1.165) is 45.7 Å². The van der Waals surface area contributed by atoms with Gasteiger partial charge in [0.15, 0.2) is 0 Å². The van der Waals surface area contributed by atoms with Crippen molar-refractivity contribution in [1.29, 1.82) is 0 Å². The van der Waals surface area contributed by atoms with E-state index in [2.05, 4.69) is 16.3 Å². The molecule has 28 heavy (non-hydrogen) atoms. The highest BCUT2D eigenvalue weighted by molar-refractivity contribution is 7.88. The van der Waals surface area contributed by atoms with Gasteiger partial charge in [-0.2, -0.15) is 0 Å². The van der Waals surface area contributed by atoms with E-state index >= 15 is 0 Å². The maximum absolute atomic E-state index is 11.3. The van der Waals surface area contributed by atoms with Crippen LogP contribution in [0.5, 0.6) is 0 Å². The van der Waals surface area contributed by atoms with E-state index in [1.807, 2.05) is 67.6 Å². The lowest BCUT2D eigenvalue weighted by Crippen LogP contribution is -2.21. The molecule has 1 aromatic heterocycles. The Kier molecular flexibility index (Phi) is 5.92. The van der Waals surface area contributed by atoms with Gasteiger partial charge in [-0.25, -0.2) is 18.1 Å². The number of nitrogens with one attached hydrogen (secondary N) is 2. The van der Waals surface area contributed by atoms with Crippen LogP contribution in [0.25, 0.3) is 28.2 Å². The van der Waals surface area contributed by atoms with Crippen molar-refractivity contribution in [2.45, 2.75) is 13.5 Å². The molecule has 2 aromatic carbocycles. The van der Waals surface area contributed by atoms with Crippen LogP contribution in [0, 0.1) is 0 Å². The molecule has 0 unspecified atom stereocenters. The first-order chi connectivity index (χ1) is 13.4. The Bertz CT molecular complexity index is 1100. The second-order valence-corrected chi connectivity index (χ2v) is 8.38. The molecule has 0 saturated carbocycles. The summed E-state index contributed by atoms with van der Waals surface area (Å²) in [6.07, 6.45) is 4.83. The Morgan fingerprint density at radius 2 is 1.79 bits per heavy atom. The lowest BCUT2D eigenvalue weighted by Gasteiger charge is -2.06. The van der Waals surface area contributed by atoms with E-state index in [9.17, 15) is 8.42 Å². The summed E-state index contributed by atoms with van der Waals surface area (Å²) in [6.45, 7) is 6.04. The third-order valence-corrected chi connectivity index (χ3v) is 4.94. The molecule has 0 aliphatic rings. The number of aromatic amines is 1. The molecule has 0 bridgehead atoms. The monoisotopic (exact) mass is 393 g/mol. The van der Waals surface area contributed by atoms with E-state index in [1.54, 1.807) is 6.08 Å². The Labute approximate surface area is 165 Å². The Morgan fingerprint density at radius 1 is 1.11 bits per heavy atom. The number of aromatic nitrogens is 2. The van der Waals surface area contributed by atoms with Gasteiger partial charge in [-0.15, -0.1) is 0 Å². The van der Waals surface area contributed by atoms with Crippen molar-refractivity contribution in [2.24, 2.45) is 0 Å². The normalized spacial score (nSPS) is 12.1. The molecule has 5 nitrogen and oxygen atoms in total. The molecule has 3 rings (SSSR count). The molecule has 0 radical (unpaired) electrons. The number of imidazole rings is 1. The second kappa shape index (κ2) is 8.37. The van der Waals surface area contributed by atoms with Crippen LogP contribution in [0.4, 0.5) is 0 Å². The predicted octanol–water partition coefficient (Wildman–Crippen LogP) is 4.38. The number of H-pyrrole nitrogens is 1. The average molecular weight is 394 g/mol. The van der Waals surface area contributed by atoms with Crippen molar-refractivity contribution in [3.05, 3.63) is 84.6 Å². The summed E-state index contributed by atoms with van der Waals surface area (Å²) in [7, 11) is -3.22. The van der Waals surface area contributed by atoms with Crippen molar-refractivity contribution >= 4 is 15.6 Å².